The highest BCUT2D eigenvalue weighted by atomic mass is 16.7. The third-order valence-electron chi connectivity index (χ3n) is 4.47. The number of carbonyl (C=O) groups excluding carboxylic acids is 1. The van der Waals surface area contributed by atoms with Gasteiger partial charge in [0.1, 0.15) is 6.61 Å². The van der Waals surface area contributed by atoms with Gasteiger partial charge in [-0.1, -0.05) is 37.3 Å². The van der Waals surface area contributed by atoms with Gasteiger partial charge in [0.2, 0.25) is 0 Å². The van der Waals surface area contributed by atoms with Crippen LogP contribution in [0, 0.1) is 0 Å². The Balaban J connectivity index is 1.82. The van der Waals surface area contributed by atoms with Crippen LogP contribution in [0.2, 0.25) is 5.82 Å². The fourth-order valence-corrected chi connectivity index (χ4v) is 2.28. The van der Waals surface area contributed by atoms with E-state index < -0.39 is 0 Å². The number of ether oxygens (including phenoxy) is 1. The van der Waals surface area contributed by atoms with E-state index >= 15 is 0 Å². The number of carbonyl (C=O) groups is 1. The molecule has 1 aliphatic rings. The van der Waals surface area contributed by atoms with Crippen molar-refractivity contribution < 1.29 is 18.8 Å². The van der Waals surface area contributed by atoms with Crippen LogP contribution in [-0.4, -0.2) is 24.3 Å². The maximum absolute atomic E-state index is 12.0. The maximum Gasteiger partial charge on any atom is 0.461 e. The molecule has 0 spiro atoms. The topological polar surface area (TPSA) is 44.8 Å². The summed E-state index contributed by atoms with van der Waals surface area (Å²) >= 11 is 0. The van der Waals surface area contributed by atoms with Crippen molar-refractivity contribution in [1.82, 2.24) is 0 Å². The highest BCUT2D eigenvalue weighted by molar-refractivity contribution is 6.47. The second-order valence-electron chi connectivity index (χ2n) is 6.95. The molecule has 1 aromatic carbocycles. The number of benzene rings is 1. The van der Waals surface area contributed by atoms with E-state index in [4.69, 9.17) is 14.0 Å². The summed E-state index contributed by atoms with van der Waals surface area (Å²) in [6, 6.07) is 9.66. The lowest BCUT2D eigenvalue weighted by Crippen LogP contribution is -2.41. The number of esters is 1. The normalized spacial score (nSPS) is 20.7. The van der Waals surface area contributed by atoms with E-state index in [1.165, 1.54) is 0 Å². The minimum absolute atomic E-state index is 0.0516. The van der Waals surface area contributed by atoms with Crippen LogP contribution in [0.1, 0.15) is 46.6 Å². The van der Waals surface area contributed by atoms with Gasteiger partial charge in [0, 0.05) is 12.2 Å². The average molecular weight is 304 g/mol. The Morgan fingerprint density at radius 1 is 1.14 bits per heavy atom. The van der Waals surface area contributed by atoms with Crippen LogP contribution in [0.5, 0.6) is 0 Å². The molecule has 1 aliphatic heterocycles. The van der Waals surface area contributed by atoms with E-state index in [2.05, 4.69) is 0 Å². The zero-order chi connectivity index (χ0) is 16.4. The summed E-state index contributed by atoms with van der Waals surface area (Å²) in [4.78, 5) is 12.0. The van der Waals surface area contributed by atoms with Crippen molar-refractivity contribution in [3.05, 3.63) is 35.9 Å². The molecule has 0 N–H and O–H groups in total. The molecule has 1 aromatic rings. The van der Waals surface area contributed by atoms with Crippen molar-refractivity contribution >= 4 is 13.1 Å². The number of hydrogen-bond donors (Lipinski definition) is 0. The Hall–Kier alpha value is -1.33. The van der Waals surface area contributed by atoms with E-state index in [9.17, 15) is 4.79 Å². The Morgan fingerprint density at radius 2 is 1.68 bits per heavy atom. The Bertz CT molecular complexity index is 497. The second-order valence-corrected chi connectivity index (χ2v) is 6.95. The molecule has 1 saturated heterocycles. The van der Waals surface area contributed by atoms with Gasteiger partial charge in [-0.15, -0.1) is 0 Å². The van der Waals surface area contributed by atoms with Crippen molar-refractivity contribution in [3.63, 3.8) is 0 Å². The summed E-state index contributed by atoms with van der Waals surface area (Å²) in [5.41, 5.74) is 0.235. The SMILES string of the molecule is C[C@@H](CC(=O)OCc1ccccc1)B1OC(C)(C)C(C)(C)O1. The van der Waals surface area contributed by atoms with Crippen molar-refractivity contribution in [2.75, 3.05) is 0 Å². The zero-order valence-electron chi connectivity index (χ0n) is 14.1. The molecule has 0 aliphatic carbocycles. The second kappa shape index (κ2) is 6.43. The summed E-state index contributed by atoms with van der Waals surface area (Å²) in [6.45, 7) is 10.3. The van der Waals surface area contributed by atoms with Gasteiger partial charge in [-0.05, 0) is 33.3 Å². The fraction of sp³-hybridized carbons (Fsp3) is 0.588. The predicted octanol–water partition coefficient (Wildman–Crippen LogP) is 3.60. The molecule has 0 bridgehead atoms. The molecular weight excluding hydrogens is 279 g/mol. The smallest absolute Gasteiger partial charge is 0.461 e. The molecule has 22 heavy (non-hydrogen) atoms. The van der Waals surface area contributed by atoms with Gasteiger partial charge in [0.15, 0.2) is 0 Å². The van der Waals surface area contributed by atoms with Crippen molar-refractivity contribution in [1.29, 1.82) is 0 Å². The van der Waals surface area contributed by atoms with Gasteiger partial charge in [0.05, 0.1) is 11.2 Å². The van der Waals surface area contributed by atoms with Crippen LogP contribution in [0.15, 0.2) is 30.3 Å². The molecule has 5 heteroatoms. The molecule has 0 radical (unpaired) electrons. The lowest BCUT2D eigenvalue weighted by molar-refractivity contribution is -0.145. The van der Waals surface area contributed by atoms with Gasteiger partial charge in [0.25, 0.3) is 0 Å². The Kier molecular flexibility index (Phi) is 4.98. The van der Waals surface area contributed by atoms with Crippen molar-refractivity contribution in [3.8, 4) is 0 Å². The highest BCUT2D eigenvalue weighted by Crippen LogP contribution is 2.40. The minimum Gasteiger partial charge on any atom is -0.461 e. The third kappa shape index (κ3) is 3.90. The van der Waals surface area contributed by atoms with Gasteiger partial charge in [-0.2, -0.15) is 0 Å². The summed E-state index contributed by atoms with van der Waals surface area (Å²) in [5.74, 6) is -0.282. The van der Waals surface area contributed by atoms with Crippen molar-refractivity contribution in [2.24, 2.45) is 0 Å². The van der Waals surface area contributed by atoms with E-state index in [0.29, 0.717) is 6.61 Å². The first kappa shape index (κ1) is 17.0. The quantitative estimate of drug-likeness (QED) is 0.616. The molecule has 2 rings (SSSR count). The average Bonchev–Trinajstić information content (AvgIpc) is 2.66. The Labute approximate surface area is 133 Å². The molecule has 1 fully saturated rings. The standard InChI is InChI=1S/C17H25BO4/c1-13(18-21-16(2,3)17(4,5)22-18)11-15(19)20-12-14-9-7-6-8-10-14/h6-10,13H,11-12H2,1-5H3/t13-/m0/s1. The first-order valence-electron chi connectivity index (χ1n) is 7.76. The maximum atomic E-state index is 12.0. The highest BCUT2D eigenvalue weighted by Gasteiger charge is 2.52. The van der Waals surface area contributed by atoms with Gasteiger partial charge < -0.3 is 14.0 Å². The third-order valence-corrected chi connectivity index (χ3v) is 4.47. The van der Waals surface area contributed by atoms with Gasteiger partial charge >= 0.3 is 13.1 Å². The molecule has 0 unspecified atom stereocenters. The van der Waals surface area contributed by atoms with Crippen molar-refractivity contribution in [2.45, 2.75) is 64.7 Å². The molecule has 1 atom stereocenters. The lowest BCUT2D eigenvalue weighted by atomic mass is 9.71. The molecule has 0 saturated carbocycles. The molecule has 1 heterocycles. The monoisotopic (exact) mass is 304 g/mol. The molecule has 0 aromatic heterocycles. The van der Waals surface area contributed by atoms with Gasteiger partial charge in [-0.3, -0.25) is 4.79 Å². The summed E-state index contributed by atoms with van der Waals surface area (Å²) in [7, 11) is -0.380. The molecular formula is C17H25BO4. The van der Waals surface area contributed by atoms with E-state index in [0.717, 1.165) is 5.56 Å². The van der Waals surface area contributed by atoms with Crippen LogP contribution in [0.3, 0.4) is 0 Å². The van der Waals surface area contributed by atoms with Gasteiger partial charge in [-0.25, -0.2) is 0 Å². The largest absolute Gasteiger partial charge is 0.461 e. The molecule has 120 valence electrons. The number of rotatable bonds is 5. The van der Waals surface area contributed by atoms with Crippen LogP contribution in [0.25, 0.3) is 0 Å². The summed E-state index contributed by atoms with van der Waals surface area (Å²) in [5, 5.41) is 0. The van der Waals surface area contributed by atoms with E-state index in [1.807, 2.05) is 65.0 Å². The summed E-state index contributed by atoms with van der Waals surface area (Å²) in [6.07, 6.45) is 0.281. The van der Waals surface area contributed by atoms with Crippen LogP contribution in [-0.2, 0) is 25.4 Å². The first-order valence-corrected chi connectivity index (χ1v) is 7.76. The van der Waals surface area contributed by atoms with Crippen LogP contribution >= 0.6 is 0 Å². The first-order chi connectivity index (χ1) is 10.2. The van der Waals surface area contributed by atoms with E-state index in [-0.39, 0.29) is 36.5 Å². The number of hydrogen-bond acceptors (Lipinski definition) is 4. The molecule has 4 nitrogen and oxygen atoms in total. The van der Waals surface area contributed by atoms with Crippen LogP contribution < -0.4 is 0 Å². The van der Waals surface area contributed by atoms with E-state index in [1.54, 1.807) is 0 Å². The Morgan fingerprint density at radius 3 is 2.23 bits per heavy atom. The summed E-state index contributed by atoms with van der Waals surface area (Å²) < 4.78 is 17.2. The molecule has 0 amide bonds. The fourth-order valence-electron chi connectivity index (χ4n) is 2.28. The van der Waals surface area contributed by atoms with Crippen LogP contribution in [0.4, 0.5) is 0 Å². The zero-order valence-corrected chi connectivity index (χ0v) is 14.1. The minimum atomic E-state index is -0.380. The lowest BCUT2D eigenvalue weighted by Gasteiger charge is -2.32. The predicted molar refractivity (Wildman–Crippen MR) is 86.4 cm³/mol.